The Kier molecular flexibility index (Phi) is 6.68. The van der Waals surface area contributed by atoms with Crippen molar-refractivity contribution in [3.05, 3.63) is 77.9 Å². The van der Waals surface area contributed by atoms with Crippen molar-refractivity contribution >= 4 is 32.7 Å². The molecule has 1 amide bonds. The molecule has 9 heteroatoms. The van der Waals surface area contributed by atoms with Crippen molar-refractivity contribution in [3.8, 4) is 0 Å². The van der Waals surface area contributed by atoms with Gasteiger partial charge in [0.2, 0.25) is 15.9 Å². The van der Waals surface area contributed by atoms with Gasteiger partial charge in [-0.25, -0.2) is 8.42 Å². The van der Waals surface area contributed by atoms with Crippen molar-refractivity contribution in [2.75, 3.05) is 19.6 Å². The average molecular weight is 506 g/mol. The summed E-state index contributed by atoms with van der Waals surface area (Å²) >= 11 is 0. The van der Waals surface area contributed by atoms with E-state index in [2.05, 4.69) is 5.32 Å². The van der Waals surface area contributed by atoms with E-state index < -0.39 is 16.1 Å². The van der Waals surface area contributed by atoms with Crippen LogP contribution in [-0.4, -0.2) is 55.2 Å². The van der Waals surface area contributed by atoms with E-state index >= 15 is 0 Å². The molecule has 3 aromatic carbocycles. The first-order valence-corrected chi connectivity index (χ1v) is 13.7. The van der Waals surface area contributed by atoms with Gasteiger partial charge in [0.1, 0.15) is 6.04 Å². The van der Waals surface area contributed by atoms with Crippen LogP contribution in [-0.2, 0) is 27.8 Å². The molecule has 0 saturated carbocycles. The van der Waals surface area contributed by atoms with Crippen molar-refractivity contribution in [2.45, 2.75) is 36.7 Å². The number of likely N-dealkylation sites (tertiary alicyclic amines) is 1. The third kappa shape index (κ3) is 4.81. The van der Waals surface area contributed by atoms with E-state index in [4.69, 9.17) is 11.1 Å². The highest BCUT2D eigenvalue weighted by molar-refractivity contribution is 7.89. The second-order valence-electron chi connectivity index (χ2n) is 9.63. The zero-order chi connectivity index (χ0) is 25.3. The summed E-state index contributed by atoms with van der Waals surface area (Å²) in [7, 11) is -3.93. The van der Waals surface area contributed by atoms with Crippen LogP contribution in [0.25, 0.3) is 10.8 Å². The second-order valence-corrected chi connectivity index (χ2v) is 11.5. The molecule has 4 N–H and O–H groups in total. The third-order valence-electron chi connectivity index (χ3n) is 7.26. The monoisotopic (exact) mass is 505 g/mol. The Hall–Kier alpha value is -3.43. The van der Waals surface area contributed by atoms with Crippen LogP contribution in [0.3, 0.4) is 0 Å². The van der Waals surface area contributed by atoms with Crippen molar-refractivity contribution < 1.29 is 13.2 Å². The number of carbonyl (C=O) groups is 1. The lowest BCUT2D eigenvalue weighted by molar-refractivity contribution is -0.125. The highest BCUT2D eigenvalue weighted by Crippen LogP contribution is 2.30. The van der Waals surface area contributed by atoms with Gasteiger partial charge in [0.05, 0.1) is 4.90 Å². The molecule has 8 nitrogen and oxygen atoms in total. The van der Waals surface area contributed by atoms with E-state index in [9.17, 15) is 13.2 Å². The zero-order valence-electron chi connectivity index (χ0n) is 20.1. The van der Waals surface area contributed by atoms with Gasteiger partial charge in [-0.2, -0.15) is 4.31 Å². The molecule has 5 rings (SSSR count). The van der Waals surface area contributed by atoms with Gasteiger partial charge in [0, 0.05) is 26.2 Å². The Balaban J connectivity index is 1.41. The summed E-state index contributed by atoms with van der Waals surface area (Å²) in [4.78, 5) is 15.5. The van der Waals surface area contributed by atoms with Gasteiger partial charge >= 0.3 is 0 Å². The summed E-state index contributed by atoms with van der Waals surface area (Å²) in [6, 6.07) is 19.6. The minimum Gasteiger partial charge on any atom is -0.370 e. The van der Waals surface area contributed by atoms with Gasteiger partial charge in [0.15, 0.2) is 5.96 Å². The molecule has 3 aromatic rings. The second kappa shape index (κ2) is 9.91. The van der Waals surface area contributed by atoms with Crippen LogP contribution in [0.2, 0.25) is 0 Å². The molecule has 2 heterocycles. The van der Waals surface area contributed by atoms with E-state index in [0.717, 1.165) is 41.3 Å². The Bertz CT molecular complexity index is 1410. The van der Waals surface area contributed by atoms with Gasteiger partial charge in [-0.05, 0) is 59.2 Å². The molecule has 2 aliphatic heterocycles. The lowest BCUT2D eigenvalue weighted by atomic mass is 9.94. The maximum absolute atomic E-state index is 13.9. The molecule has 2 aliphatic rings. The molecule has 2 atom stereocenters. The summed E-state index contributed by atoms with van der Waals surface area (Å²) in [5.41, 5.74) is 7.55. The predicted octanol–water partition coefficient (Wildman–Crippen LogP) is 2.68. The number of amides is 1. The third-order valence-corrected chi connectivity index (χ3v) is 9.11. The van der Waals surface area contributed by atoms with Gasteiger partial charge in [-0.15, -0.1) is 0 Å². The zero-order valence-corrected chi connectivity index (χ0v) is 20.9. The first-order chi connectivity index (χ1) is 17.3. The van der Waals surface area contributed by atoms with Gasteiger partial charge in [0.25, 0.3) is 0 Å². The topological polar surface area (TPSA) is 120 Å². The molecule has 0 unspecified atom stereocenters. The van der Waals surface area contributed by atoms with Crippen LogP contribution < -0.4 is 11.1 Å². The molecular weight excluding hydrogens is 474 g/mol. The number of benzene rings is 3. The smallest absolute Gasteiger partial charge is 0.244 e. The fourth-order valence-electron chi connectivity index (χ4n) is 5.25. The minimum absolute atomic E-state index is 0.0440. The predicted molar refractivity (Wildman–Crippen MR) is 140 cm³/mol. The largest absolute Gasteiger partial charge is 0.370 e. The summed E-state index contributed by atoms with van der Waals surface area (Å²) < 4.78 is 29.1. The fraction of sp³-hybridized carbons (Fsp3) is 0.333. The summed E-state index contributed by atoms with van der Waals surface area (Å²) in [5, 5.41) is 12.5. The number of piperidine rings is 1. The van der Waals surface area contributed by atoms with Gasteiger partial charge in [-0.3, -0.25) is 10.2 Å². The number of nitrogens with one attached hydrogen (secondary N) is 2. The summed E-state index contributed by atoms with van der Waals surface area (Å²) in [6.45, 7) is 1.93. The molecule has 1 saturated heterocycles. The van der Waals surface area contributed by atoms with E-state index in [-0.39, 0.29) is 29.2 Å². The maximum Gasteiger partial charge on any atom is 0.244 e. The molecule has 0 aromatic heterocycles. The van der Waals surface area contributed by atoms with Crippen molar-refractivity contribution in [1.29, 1.82) is 5.41 Å². The van der Waals surface area contributed by atoms with Gasteiger partial charge in [-0.1, -0.05) is 54.6 Å². The lowest BCUT2D eigenvalue weighted by Gasteiger charge is -2.36. The number of hydrogen-bond donors (Lipinski definition) is 3. The maximum atomic E-state index is 13.9. The highest BCUT2D eigenvalue weighted by Gasteiger charge is 2.39. The molecule has 0 bridgehead atoms. The number of rotatable bonds is 5. The number of carbonyl (C=O) groups excluding carboxylic acids is 1. The first kappa shape index (κ1) is 24.3. The molecule has 0 spiro atoms. The molecular formula is C27H31N5O3S. The van der Waals surface area contributed by atoms with Crippen molar-refractivity contribution in [2.24, 2.45) is 11.7 Å². The number of guanidine groups is 1. The quantitative estimate of drug-likeness (QED) is 0.364. The normalized spacial score (nSPS) is 20.6. The Morgan fingerprint density at radius 3 is 2.53 bits per heavy atom. The molecule has 1 fully saturated rings. The molecule has 0 aliphatic carbocycles. The van der Waals surface area contributed by atoms with Crippen LogP contribution >= 0.6 is 0 Å². The highest BCUT2D eigenvalue weighted by atomic mass is 32.2. The Morgan fingerprint density at radius 2 is 1.75 bits per heavy atom. The Morgan fingerprint density at radius 1 is 1.03 bits per heavy atom. The SMILES string of the molecule is N=C(N)N1CCC[C@H](CNC(=O)[C@@H]2Cc3ccccc3CN2S(=O)(=O)c2ccc3ccccc3c2)C1. The van der Waals surface area contributed by atoms with Crippen LogP contribution in [0, 0.1) is 11.3 Å². The van der Waals surface area contributed by atoms with E-state index in [0.29, 0.717) is 19.5 Å². The lowest BCUT2D eigenvalue weighted by Crippen LogP contribution is -2.54. The molecule has 36 heavy (non-hydrogen) atoms. The van der Waals surface area contributed by atoms with Crippen molar-refractivity contribution in [1.82, 2.24) is 14.5 Å². The fourth-order valence-corrected chi connectivity index (χ4v) is 6.85. The van der Waals surface area contributed by atoms with Crippen LogP contribution in [0.15, 0.2) is 71.6 Å². The number of nitrogens with two attached hydrogens (primary N) is 1. The summed E-state index contributed by atoms with van der Waals surface area (Å²) in [5.74, 6) is -0.0931. The van der Waals surface area contributed by atoms with Crippen LogP contribution in [0.1, 0.15) is 24.0 Å². The minimum atomic E-state index is -3.93. The number of hydrogen-bond acceptors (Lipinski definition) is 4. The van der Waals surface area contributed by atoms with Crippen LogP contribution in [0.4, 0.5) is 0 Å². The van der Waals surface area contributed by atoms with E-state index in [1.54, 1.807) is 18.2 Å². The molecule has 188 valence electrons. The Labute approximate surface area is 211 Å². The summed E-state index contributed by atoms with van der Waals surface area (Å²) in [6.07, 6.45) is 2.15. The van der Waals surface area contributed by atoms with E-state index in [1.165, 1.54) is 4.31 Å². The standard InChI is InChI=1S/C27H31N5O3S/c28-27(29)31-13-5-6-19(17-31)16-30-26(33)25-15-22-9-3-4-10-23(22)18-32(25)36(34,35)24-12-11-20-7-1-2-8-21(20)14-24/h1-4,7-12,14,19,25H,5-6,13,15-18H2,(H3,28,29)(H,30,33)/t19-,25+/m1/s1. The number of fused-ring (bicyclic) bond motifs is 2. The first-order valence-electron chi connectivity index (χ1n) is 12.3. The number of nitrogens with zero attached hydrogens (tertiary/aromatic N) is 2. The van der Waals surface area contributed by atoms with Gasteiger partial charge < -0.3 is 16.0 Å². The van der Waals surface area contributed by atoms with Crippen LogP contribution in [0.5, 0.6) is 0 Å². The van der Waals surface area contributed by atoms with Crippen molar-refractivity contribution in [3.63, 3.8) is 0 Å². The van der Waals surface area contributed by atoms with E-state index in [1.807, 2.05) is 53.4 Å². The number of sulfonamides is 1. The molecule has 0 radical (unpaired) electrons. The average Bonchev–Trinajstić information content (AvgIpc) is 2.90.